The molecule has 0 saturated carbocycles. The summed E-state index contributed by atoms with van der Waals surface area (Å²) in [5.41, 5.74) is 0. The smallest absolute Gasteiger partial charge is 0.306 e. The van der Waals surface area contributed by atoms with E-state index < -0.39 is 18.2 Å². The van der Waals surface area contributed by atoms with Crippen LogP contribution in [0.25, 0.3) is 0 Å². The molecular formula is C38H62O6. The van der Waals surface area contributed by atoms with Gasteiger partial charge in [-0.1, -0.05) is 139 Å². The Bertz CT molecular complexity index is 867. The lowest BCUT2D eigenvalue weighted by molar-refractivity contribution is -0.152. The van der Waals surface area contributed by atoms with Crippen molar-refractivity contribution in [2.24, 2.45) is 5.92 Å². The Morgan fingerprint density at radius 3 is 1.86 bits per heavy atom. The van der Waals surface area contributed by atoms with Crippen LogP contribution in [-0.4, -0.2) is 47.6 Å². The van der Waals surface area contributed by atoms with Crippen LogP contribution in [-0.2, 0) is 19.1 Å². The van der Waals surface area contributed by atoms with Crippen molar-refractivity contribution in [3.05, 3.63) is 72.9 Å². The zero-order chi connectivity index (χ0) is 32.5. The zero-order valence-electron chi connectivity index (χ0n) is 27.9. The summed E-state index contributed by atoms with van der Waals surface area (Å²) in [5, 5.41) is 20.0. The molecule has 44 heavy (non-hydrogen) atoms. The number of hydrogen-bond donors (Lipinski definition) is 2. The van der Waals surface area contributed by atoms with Gasteiger partial charge in [-0.25, -0.2) is 0 Å². The molecule has 0 rings (SSSR count). The van der Waals surface area contributed by atoms with Gasteiger partial charge in [0, 0.05) is 12.8 Å². The predicted molar refractivity (Wildman–Crippen MR) is 183 cm³/mol. The average Bonchev–Trinajstić information content (AvgIpc) is 3.02. The minimum atomic E-state index is -1.03. The molecule has 0 aliphatic rings. The molecule has 0 fully saturated rings. The number of allylic oxidation sites excluding steroid dienone is 10. The number of carbonyl (C=O) groups is 2. The molecule has 250 valence electrons. The Hall–Kier alpha value is -2.70. The Kier molecular flexibility index (Phi) is 29.8. The van der Waals surface area contributed by atoms with Crippen LogP contribution in [0.4, 0.5) is 0 Å². The highest BCUT2D eigenvalue weighted by Crippen LogP contribution is 2.14. The Balaban J connectivity index is 3.77. The first-order valence-electron chi connectivity index (χ1n) is 17.0. The Morgan fingerprint density at radius 2 is 1.23 bits per heavy atom. The van der Waals surface area contributed by atoms with E-state index in [1.165, 1.54) is 32.1 Å². The monoisotopic (exact) mass is 614 g/mol. The van der Waals surface area contributed by atoms with Gasteiger partial charge in [0.15, 0.2) is 0 Å². The lowest BCUT2D eigenvalue weighted by Gasteiger charge is -2.12. The third-order valence-corrected chi connectivity index (χ3v) is 7.09. The minimum Gasteiger partial charge on any atom is -0.463 e. The Morgan fingerprint density at radius 1 is 0.659 bits per heavy atom. The van der Waals surface area contributed by atoms with Gasteiger partial charge in [0.1, 0.15) is 19.3 Å². The van der Waals surface area contributed by atoms with Gasteiger partial charge in [-0.3, -0.25) is 9.59 Å². The van der Waals surface area contributed by atoms with E-state index in [-0.39, 0.29) is 25.6 Å². The van der Waals surface area contributed by atoms with E-state index in [0.29, 0.717) is 19.3 Å². The van der Waals surface area contributed by atoms with Gasteiger partial charge in [-0.15, -0.1) is 0 Å². The molecule has 3 atom stereocenters. The molecule has 0 bridgehead atoms. The highest BCUT2D eigenvalue weighted by molar-refractivity contribution is 5.70. The first kappa shape index (κ1) is 41.3. The molecule has 0 saturated heterocycles. The maximum absolute atomic E-state index is 11.9. The largest absolute Gasteiger partial charge is 0.463 e. The number of esters is 2. The number of rotatable bonds is 28. The summed E-state index contributed by atoms with van der Waals surface area (Å²) in [6.07, 6.45) is 37.1. The minimum absolute atomic E-state index is 0.173. The van der Waals surface area contributed by atoms with Crippen molar-refractivity contribution in [3.63, 3.8) is 0 Å². The topological polar surface area (TPSA) is 93.1 Å². The lowest BCUT2D eigenvalue weighted by atomic mass is 10.00. The van der Waals surface area contributed by atoms with Crippen LogP contribution in [0.15, 0.2) is 72.9 Å². The number of carbonyl (C=O) groups excluding carboxylic acids is 2. The molecule has 2 unspecified atom stereocenters. The molecule has 6 heteroatoms. The third kappa shape index (κ3) is 30.7. The van der Waals surface area contributed by atoms with Crippen molar-refractivity contribution in [2.45, 2.75) is 136 Å². The van der Waals surface area contributed by atoms with Crippen molar-refractivity contribution in [1.29, 1.82) is 0 Å². The number of ether oxygens (including phenoxy) is 2. The van der Waals surface area contributed by atoms with Gasteiger partial charge < -0.3 is 19.7 Å². The van der Waals surface area contributed by atoms with Gasteiger partial charge >= 0.3 is 11.9 Å². The number of hydrogen-bond acceptors (Lipinski definition) is 6. The molecular weight excluding hydrogens is 552 g/mol. The van der Waals surface area contributed by atoms with Crippen molar-refractivity contribution in [2.75, 3.05) is 13.2 Å². The van der Waals surface area contributed by atoms with Crippen LogP contribution in [0.3, 0.4) is 0 Å². The maximum atomic E-state index is 11.9. The van der Waals surface area contributed by atoms with Gasteiger partial charge in [0.05, 0.1) is 6.10 Å². The van der Waals surface area contributed by atoms with Crippen molar-refractivity contribution in [1.82, 2.24) is 0 Å². The van der Waals surface area contributed by atoms with Crippen molar-refractivity contribution >= 4 is 11.9 Å². The van der Waals surface area contributed by atoms with E-state index in [9.17, 15) is 19.8 Å². The highest BCUT2D eigenvalue weighted by Gasteiger charge is 2.11. The van der Waals surface area contributed by atoms with Gasteiger partial charge in [0.2, 0.25) is 0 Å². The van der Waals surface area contributed by atoms with Crippen LogP contribution in [0.5, 0.6) is 0 Å². The Labute approximate surface area is 268 Å². The van der Waals surface area contributed by atoms with E-state index >= 15 is 0 Å². The van der Waals surface area contributed by atoms with Crippen LogP contribution in [0, 0.1) is 5.92 Å². The molecule has 0 heterocycles. The molecule has 2 N–H and O–H groups in total. The van der Waals surface area contributed by atoms with Gasteiger partial charge in [-0.2, -0.15) is 0 Å². The molecule has 0 aromatic carbocycles. The predicted octanol–water partition coefficient (Wildman–Crippen LogP) is 9.05. The fraction of sp³-hybridized carbons (Fsp3) is 0.632. The molecule has 6 nitrogen and oxygen atoms in total. The fourth-order valence-corrected chi connectivity index (χ4v) is 4.11. The van der Waals surface area contributed by atoms with Crippen molar-refractivity contribution < 1.29 is 29.3 Å². The summed E-state index contributed by atoms with van der Waals surface area (Å²) in [6.45, 7) is 6.29. The summed E-state index contributed by atoms with van der Waals surface area (Å²) in [4.78, 5) is 23.8. The van der Waals surface area contributed by atoms with Crippen molar-refractivity contribution in [3.8, 4) is 0 Å². The number of aliphatic hydroxyl groups is 2. The number of aliphatic hydroxyl groups excluding tert-OH is 2. The molecule has 0 aliphatic heterocycles. The van der Waals surface area contributed by atoms with Crippen LogP contribution in [0.2, 0.25) is 0 Å². The lowest BCUT2D eigenvalue weighted by Crippen LogP contribution is -2.25. The summed E-state index contributed by atoms with van der Waals surface area (Å²) < 4.78 is 10.2. The van der Waals surface area contributed by atoms with E-state index in [0.717, 1.165) is 50.9 Å². The van der Waals surface area contributed by atoms with E-state index in [1.807, 2.05) is 30.4 Å². The number of unbranched alkanes of at least 4 members (excludes halogenated alkanes) is 5. The zero-order valence-corrected chi connectivity index (χ0v) is 27.9. The molecule has 0 spiro atoms. The van der Waals surface area contributed by atoms with Crippen LogP contribution in [0.1, 0.15) is 124 Å². The molecule has 0 radical (unpaired) electrons. The van der Waals surface area contributed by atoms with Gasteiger partial charge in [0.25, 0.3) is 0 Å². The maximum Gasteiger partial charge on any atom is 0.306 e. The molecule has 0 amide bonds. The summed E-state index contributed by atoms with van der Waals surface area (Å²) >= 11 is 0. The summed E-state index contributed by atoms with van der Waals surface area (Å²) in [7, 11) is 0. The quantitative estimate of drug-likeness (QED) is 0.0395. The summed E-state index contributed by atoms with van der Waals surface area (Å²) in [5.74, 6) is 0.0599. The SMILES string of the molecule is CC/C=C\C/C=C\C/C=C\C/C=C\C=C/C(O)C/C=C\CCC(=O)OC[C@@H](O)COC(=O)CCCCCCCCC(C)CC. The standard InChI is InChI=1S/C38H62O6/c1-4-6-7-8-9-10-11-12-13-14-15-19-23-28-35(39)29-24-21-26-31-38(42)44-33-36(40)32-43-37(41)30-25-20-17-16-18-22-27-34(3)5-2/h6-7,9-10,12-13,15,19,21,23-24,28,34-36,39-40H,4-5,8,11,14,16-18,20,22,25-27,29-33H2,1-3H3/b7-6-,10-9-,13-12-,19-15-,24-21-,28-23-/t34?,35?,36-/m0/s1. The average molecular weight is 615 g/mol. The van der Waals surface area contributed by atoms with Gasteiger partial charge in [-0.05, 0) is 50.9 Å². The third-order valence-electron chi connectivity index (χ3n) is 7.09. The first-order valence-corrected chi connectivity index (χ1v) is 17.0. The second kappa shape index (κ2) is 31.7. The van der Waals surface area contributed by atoms with Crippen LogP contribution < -0.4 is 0 Å². The van der Waals surface area contributed by atoms with E-state index in [1.54, 1.807) is 6.08 Å². The fourth-order valence-electron chi connectivity index (χ4n) is 4.11. The molecule has 0 aromatic rings. The van der Waals surface area contributed by atoms with E-state index in [4.69, 9.17) is 9.47 Å². The summed E-state index contributed by atoms with van der Waals surface area (Å²) in [6, 6.07) is 0. The molecule has 0 aliphatic carbocycles. The van der Waals surface area contributed by atoms with E-state index in [2.05, 4.69) is 57.2 Å². The second-order valence-corrected chi connectivity index (χ2v) is 11.3. The second-order valence-electron chi connectivity index (χ2n) is 11.3. The highest BCUT2D eigenvalue weighted by atomic mass is 16.6. The molecule has 0 aromatic heterocycles. The first-order chi connectivity index (χ1) is 21.4. The normalized spacial score (nSPS) is 14.6. The van der Waals surface area contributed by atoms with Crippen LogP contribution >= 0.6 is 0 Å².